The molecule has 2 N–H and O–H groups in total. The maximum absolute atomic E-state index is 12.2. The third-order valence-electron chi connectivity index (χ3n) is 3.40. The van der Waals surface area contributed by atoms with Crippen LogP contribution in [0, 0.1) is 0 Å². The van der Waals surface area contributed by atoms with Crippen molar-refractivity contribution in [1.29, 1.82) is 0 Å². The minimum absolute atomic E-state index is 0.0599. The SMILES string of the molecule is CC(C)N(CCNS(=O)(=O)c1ccc(C(=O)O)cc1)C(C)C. The van der Waals surface area contributed by atoms with Crippen LogP contribution in [0.5, 0.6) is 0 Å². The summed E-state index contributed by atoms with van der Waals surface area (Å²) >= 11 is 0. The molecule has 0 saturated heterocycles. The number of carboxylic acids is 1. The highest BCUT2D eigenvalue weighted by molar-refractivity contribution is 7.89. The van der Waals surface area contributed by atoms with Gasteiger partial charge in [-0.25, -0.2) is 17.9 Å². The van der Waals surface area contributed by atoms with Gasteiger partial charge in [-0.05, 0) is 52.0 Å². The average Bonchev–Trinajstić information content (AvgIpc) is 2.42. The van der Waals surface area contributed by atoms with Crippen LogP contribution in [-0.2, 0) is 10.0 Å². The van der Waals surface area contributed by atoms with Crippen molar-refractivity contribution in [2.75, 3.05) is 13.1 Å². The Morgan fingerprint density at radius 3 is 2.05 bits per heavy atom. The number of benzene rings is 1. The second-order valence-corrected chi connectivity index (χ2v) is 7.42. The standard InChI is InChI=1S/C15H24N2O4S/c1-11(2)17(12(3)4)10-9-16-22(20,21)14-7-5-13(6-8-14)15(18)19/h5-8,11-12,16H,9-10H2,1-4H3,(H,18,19). The molecule has 0 aliphatic rings. The van der Waals surface area contributed by atoms with E-state index < -0.39 is 16.0 Å². The van der Waals surface area contributed by atoms with E-state index in [9.17, 15) is 13.2 Å². The number of hydrogen-bond donors (Lipinski definition) is 2. The molecule has 0 fully saturated rings. The van der Waals surface area contributed by atoms with Gasteiger partial charge in [-0.3, -0.25) is 4.90 Å². The number of nitrogens with one attached hydrogen (secondary N) is 1. The lowest BCUT2D eigenvalue weighted by Crippen LogP contribution is -2.42. The molecule has 1 aromatic carbocycles. The lowest BCUT2D eigenvalue weighted by Gasteiger charge is -2.30. The molecular formula is C15H24N2O4S. The molecule has 1 aromatic rings. The van der Waals surface area contributed by atoms with Crippen LogP contribution in [0.4, 0.5) is 0 Å². The first-order valence-corrected chi connectivity index (χ1v) is 8.72. The maximum Gasteiger partial charge on any atom is 0.335 e. The Hall–Kier alpha value is -1.44. The highest BCUT2D eigenvalue weighted by atomic mass is 32.2. The van der Waals surface area contributed by atoms with Crippen LogP contribution in [0.25, 0.3) is 0 Å². The third-order valence-corrected chi connectivity index (χ3v) is 4.88. The van der Waals surface area contributed by atoms with Crippen molar-refractivity contribution in [3.05, 3.63) is 29.8 Å². The van der Waals surface area contributed by atoms with E-state index in [1.165, 1.54) is 24.3 Å². The van der Waals surface area contributed by atoms with Gasteiger partial charge in [-0.2, -0.15) is 0 Å². The molecule has 22 heavy (non-hydrogen) atoms. The molecule has 0 heterocycles. The molecule has 0 amide bonds. The topological polar surface area (TPSA) is 86.7 Å². The molecule has 124 valence electrons. The van der Waals surface area contributed by atoms with Crippen molar-refractivity contribution in [3.63, 3.8) is 0 Å². The number of aromatic carboxylic acids is 1. The van der Waals surface area contributed by atoms with Gasteiger partial charge in [-0.1, -0.05) is 0 Å². The van der Waals surface area contributed by atoms with Crippen molar-refractivity contribution < 1.29 is 18.3 Å². The Morgan fingerprint density at radius 2 is 1.64 bits per heavy atom. The third kappa shape index (κ3) is 5.08. The lowest BCUT2D eigenvalue weighted by molar-refractivity contribution is 0.0696. The predicted molar refractivity (Wildman–Crippen MR) is 85.6 cm³/mol. The second kappa shape index (κ2) is 7.71. The van der Waals surface area contributed by atoms with Crippen LogP contribution in [0.1, 0.15) is 38.1 Å². The zero-order chi connectivity index (χ0) is 16.9. The van der Waals surface area contributed by atoms with Crippen LogP contribution in [0.15, 0.2) is 29.2 Å². The van der Waals surface area contributed by atoms with E-state index in [4.69, 9.17) is 5.11 Å². The van der Waals surface area contributed by atoms with Crippen molar-refractivity contribution in [2.24, 2.45) is 0 Å². The van der Waals surface area contributed by atoms with Crippen LogP contribution in [0.3, 0.4) is 0 Å². The molecule has 0 unspecified atom stereocenters. The van der Waals surface area contributed by atoms with Gasteiger partial charge in [0, 0.05) is 25.2 Å². The first-order valence-electron chi connectivity index (χ1n) is 7.24. The van der Waals surface area contributed by atoms with Gasteiger partial charge in [0.05, 0.1) is 10.5 Å². The summed E-state index contributed by atoms with van der Waals surface area (Å²) < 4.78 is 26.9. The van der Waals surface area contributed by atoms with Crippen LogP contribution >= 0.6 is 0 Å². The average molecular weight is 328 g/mol. The summed E-state index contributed by atoms with van der Waals surface area (Å²) in [6.07, 6.45) is 0. The quantitative estimate of drug-likeness (QED) is 0.759. The molecule has 0 atom stereocenters. The minimum atomic E-state index is -3.62. The van der Waals surface area contributed by atoms with E-state index in [1.54, 1.807) is 0 Å². The smallest absolute Gasteiger partial charge is 0.335 e. The first kappa shape index (κ1) is 18.6. The van der Waals surface area contributed by atoms with E-state index in [2.05, 4.69) is 37.3 Å². The van der Waals surface area contributed by atoms with E-state index in [0.717, 1.165) is 0 Å². The molecular weight excluding hydrogens is 304 g/mol. The van der Waals surface area contributed by atoms with Gasteiger partial charge in [0.25, 0.3) is 0 Å². The number of sulfonamides is 1. The Balaban J connectivity index is 2.69. The number of hydrogen-bond acceptors (Lipinski definition) is 4. The van der Waals surface area contributed by atoms with Gasteiger partial charge in [0.15, 0.2) is 0 Å². The highest BCUT2D eigenvalue weighted by Crippen LogP contribution is 2.11. The Bertz CT molecular complexity index is 586. The Labute approximate surface area is 132 Å². The first-order chi connectivity index (χ1) is 10.1. The zero-order valence-electron chi connectivity index (χ0n) is 13.4. The fourth-order valence-electron chi connectivity index (χ4n) is 2.28. The highest BCUT2D eigenvalue weighted by Gasteiger charge is 2.17. The van der Waals surface area contributed by atoms with E-state index in [-0.39, 0.29) is 10.5 Å². The van der Waals surface area contributed by atoms with Gasteiger partial charge in [-0.15, -0.1) is 0 Å². The summed E-state index contributed by atoms with van der Waals surface area (Å²) in [5.41, 5.74) is 0.0599. The Morgan fingerprint density at radius 1 is 1.14 bits per heavy atom. The van der Waals surface area contributed by atoms with Crippen molar-refractivity contribution in [2.45, 2.75) is 44.7 Å². The van der Waals surface area contributed by atoms with Crippen LogP contribution in [0.2, 0.25) is 0 Å². The summed E-state index contributed by atoms with van der Waals surface area (Å²) in [6, 6.07) is 5.83. The number of nitrogens with zero attached hydrogens (tertiary/aromatic N) is 1. The van der Waals surface area contributed by atoms with E-state index in [1.807, 2.05) is 0 Å². The molecule has 1 rings (SSSR count). The molecule has 0 spiro atoms. The normalized spacial score (nSPS) is 12.3. The minimum Gasteiger partial charge on any atom is -0.478 e. The molecule has 0 bridgehead atoms. The fraction of sp³-hybridized carbons (Fsp3) is 0.533. The largest absolute Gasteiger partial charge is 0.478 e. The molecule has 6 nitrogen and oxygen atoms in total. The Kier molecular flexibility index (Phi) is 6.52. The second-order valence-electron chi connectivity index (χ2n) is 5.65. The van der Waals surface area contributed by atoms with Gasteiger partial charge >= 0.3 is 5.97 Å². The van der Waals surface area contributed by atoms with Gasteiger partial charge in [0.1, 0.15) is 0 Å². The lowest BCUT2D eigenvalue weighted by atomic mass is 10.2. The van der Waals surface area contributed by atoms with Crippen molar-refractivity contribution in [3.8, 4) is 0 Å². The fourth-order valence-corrected chi connectivity index (χ4v) is 3.30. The molecule has 0 aromatic heterocycles. The number of carbonyl (C=O) groups is 1. The summed E-state index contributed by atoms with van der Waals surface area (Å²) in [4.78, 5) is 13.0. The molecule has 0 saturated carbocycles. The molecule has 0 radical (unpaired) electrons. The van der Waals surface area contributed by atoms with E-state index >= 15 is 0 Å². The summed E-state index contributed by atoms with van der Waals surface area (Å²) in [7, 11) is -3.62. The van der Waals surface area contributed by atoms with Gasteiger partial charge in [0.2, 0.25) is 10.0 Å². The van der Waals surface area contributed by atoms with Crippen molar-refractivity contribution in [1.82, 2.24) is 9.62 Å². The van der Waals surface area contributed by atoms with Gasteiger partial charge < -0.3 is 5.11 Å². The number of rotatable bonds is 8. The maximum atomic E-state index is 12.2. The van der Waals surface area contributed by atoms with Crippen molar-refractivity contribution >= 4 is 16.0 Å². The summed E-state index contributed by atoms with van der Waals surface area (Å²) in [5, 5.41) is 8.81. The van der Waals surface area contributed by atoms with E-state index in [0.29, 0.717) is 25.2 Å². The zero-order valence-corrected chi connectivity index (χ0v) is 14.2. The monoisotopic (exact) mass is 328 g/mol. The predicted octanol–water partition coefficient (Wildman–Crippen LogP) is 1.78. The molecule has 7 heteroatoms. The van der Waals surface area contributed by atoms with Crippen LogP contribution in [-0.4, -0.2) is 49.6 Å². The van der Waals surface area contributed by atoms with Crippen LogP contribution < -0.4 is 4.72 Å². The number of carboxylic acid groups (broad SMARTS) is 1. The summed E-state index contributed by atoms with van der Waals surface area (Å²) in [5.74, 6) is -1.08. The molecule has 0 aliphatic heterocycles. The summed E-state index contributed by atoms with van der Waals surface area (Å²) in [6.45, 7) is 9.19. The molecule has 0 aliphatic carbocycles.